The van der Waals surface area contributed by atoms with Crippen molar-refractivity contribution in [3.8, 4) is 0 Å². The first kappa shape index (κ1) is 14.8. The first-order valence-electron chi connectivity index (χ1n) is 6.55. The lowest BCUT2D eigenvalue weighted by atomic mass is 10.2. The van der Waals surface area contributed by atoms with Crippen molar-refractivity contribution in [2.24, 2.45) is 0 Å². The van der Waals surface area contributed by atoms with Gasteiger partial charge in [0.05, 0.1) is 28.0 Å². The van der Waals surface area contributed by atoms with Gasteiger partial charge in [0.2, 0.25) is 0 Å². The first-order chi connectivity index (χ1) is 10.4. The standard InChI is InChI=1S/C15H12F3N3S/c1-9-3-2-6-19-12(9)8-20-14-21-11-7-10(15(16,17)18)4-5-13(11)22-14/h2-7H,8H2,1H3,(H,20,21). The highest BCUT2D eigenvalue weighted by molar-refractivity contribution is 7.22. The van der Waals surface area contributed by atoms with Crippen LogP contribution in [0, 0.1) is 6.92 Å². The van der Waals surface area contributed by atoms with Crippen LogP contribution in [0.1, 0.15) is 16.8 Å². The topological polar surface area (TPSA) is 37.8 Å². The van der Waals surface area contributed by atoms with Crippen molar-refractivity contribution >= 4 is 26.7 Å². The molecule has 0 amide bonds. The average molecular weight is 323 g/mol. The van der Waals surface area contributed by atoms with Crippen molar-refractivity contribution in [3.05, 3.63) is 53.3 Å². The lowest BCUT2D eigenvalue weighted by Gasteiger charge is -2.05. The number of anilines is 1. The summed E-state index contributed by atoms with van der Waals surface area (Å²) in [4.78, 5) is 8.47. The molecule has 0 aliphatic rings. The zero-order valence-electron chi connectivity index (χ0n) is 11.6. The van der Waals surface area contributed by atoms with Gasteiger partial charge in [-0.3, -0.25) is 4.98 Å². The molecule has 2 heterocycles. The molecule has 3 rings (SSSR count). The molecule has 0 saturated carbocycles. The van der Waals surface area contributed by atoms with Crippen LogP contribution in [0.4, 0.5) is 18.3 Å². The third-order valence-corrected chi connectivity index (χ3v) is 4.23. The predicted octanol–water partition coefficient (Wildman–Crippen LogP) is 4.63. The number of nitrogens with one attached hydrogen (secondary N) is 1. The van der Waals surface area contributed by atoms with E-state index in [0.29, 0.717) is 21.9 Å². The molecule has 2 aromatic heterocycles. The second kappa shape index (κ2) is 5.57. The van der Waals surface area contributed by atoms with Crippen molar-refractivity contribution in [2.75, 3.05) is 5.32 Å². The SMILES string of the molecule is Cc1cccnc1CNc1nc2cc(C(F)(F)F)ccc2s1. The Labute approximate surface area is 128 Å². The minimum atomic E-state index is -4.35. The molecule has 0 unspecified atom stereocenters. The summed E-state index contributed by atoms with van der Waals surface area (Å²) < 4.78 is 38.8. The maximum absolute atomic E-state index is 12.7. The van der Waals surface area contributed by atoms with Gasteiger partial charge >= 0.3 is 6.18 Å². The number of hydrogen-bond donors (Lipinski definition) is 1. The highest BCUT2D eigenvalue weighted by Gasteiger charge is 2.30. The first-order valence-corrected chi connectivity index (χ1v) is 7.37. The number of thiazole rings is 1. The number of halogens is 3. The maximum Gasteiger partial charge on any atom is 0.416 e. The Morgan fingerprint density at radius 1 is 1.23 bits per heavy atom. The number of aryl methyl sites for hydroxylation is 1. The number of hydrogen-bond acceptors (Lipinski definition) is 4. The lowest BCUT2D eigenvalue weighted by molar-refractivity contribution is -0.137. The highest BCUT2D eigenvalue weighted by Crippen LogP contribution is 2.34. The van der Waals surface area contributed by atoms with E-state index in [2.05, 4.69) is 15.3 Å². The molecule has 22 heavy (non-hydrogen) atoms. The van der Waals surface area contributed by atoms with Crippen molar-refractivity contribution in [2.45, 2.75) is 19.6 Å². The molecule has 3 nitrogen and oxygen atoms in total. The van der Waals surface area contributed by atoms with E-state index in [4.69, 9.17) is 0 Å². The second-order valence-corrected chi connectivity index (χ2v) is 5.85. The number of pyridine rings is 1. The van der Waals surface area contributed by atoms with Crippen LogP contribution in [0.3, 0.4) is 0 Å². The van der Waals surface area contributed by atoms with Gasteiger partial charge in [-0.05, 0) is 36.8 Å². The summed E-state index contributed by atoms with van der Waals surface area (Å²) in [6.45, 7) is 2.44. The van der Waals surface area contributed by atoms with Gasteiger partial charge in [-0.1, -0.05) is 17.4 Å². The van der Waals surface area contributed by atoms with Gasteiger partial charge in [-0.25, -0.2) is 4.98 Å². The minimum Gasteiger partial charge on any atom is -0.356 e. The fraction of sp³-hybridized carbons (Fsp3) is 0.200. The molecule has 0 aliphatic carbocycles. The lowest BCUT2D eigenvalue weighted by Crippen LogP contribution is -2.04. The zero-order chi connectivity index (χ0) is 15.7. The van der Waals surface area contributed by atoms with Gasteiger partial charge in [0.1, 0.15) is 0 Å². The van der Waals surface area contributed by atoms with Crippen LogP contribution in [0.25, 0.3) is 10.2 Å². The number of nitrogens with zero attached hydrogens (tertiary/aromatic N) is 2. The fourth-order valence-corrected chi connectivity index (χ4v) is 2.88. The predicted molar refractivity (Wildman–Crippen MR) is 80.9 cm³/mol. The van der Waals surface area contributed by atoms with Crippen molar-refractivity contribution in [3.63, 3.8) is 0 Å². The molecule has 114 valence electrons. The van der Waals surface area contributed by atoms with E-state index in [-0.39, 0.29) is 0 Å². The number of rotatable bonds is 3. The quantitative estimate of drug-likeness (QED) is 0.763. The fourth-order valence-electron chi connectivity index (χ4n) is 2.04. The van der Waals surface area contributed by atoms with Gasteiger partial charge in [0.25, 0.3) is 0 Å². The van der Waals surface area contributed by atoms with Crippen LogP contribution in [0.5, 0.6) is 0 Å². The van der Waals surface area contributed by atoms with E-state index in [1.807, 2.05) is 19.1 Å². The van der Waals surface area contributed by atoms with Crippen molar-refractivity contribution in [1.29, 1.82) is 0 Å². The minimum absolute atomic E-state index is 0.347. The normalized spacial score (nSPS) is 11.8. The van der Waals surface area contributed by atoms with Crippen LogP contribution in [0.15, 0.2) is 36.5 Å². The average Bonchev–Trinajstić information content (AvgIpc) is 2.87. The summed E-state index contributed by atoms with van der Waals surface area (Å²) >= 11 is 1.32. The van der Waals surface area contributed by atoms with Crippen LogP contribution in [0.2, 0.25) is 0 Å². The maximum atomic E-state index is 12.7. The molecule has 0 bridgehead atoms. The molecule has 0 atom stereocenters. The molecular formula is C15H12F3N3S. The van der Waals surface area contributed by atoms with E-state index in [1.54, 1.807) is 6.20 Å². The van der Waals surface area contributed by atoms with Crippen LogP contribution >= 0.6 is 11.3 Å². The molecule has 3 aromatic rings. The Kier molecular flexibility index (Phi) is 3.74. The molecule has 1 aromatic carbocycles. The van der Waals surface area contributed by atoms with Crippen LogP contribution in [-0.2, 0) is 12.7 Å². The Bertz CT molecular complexity index is 811. The molecule has 0 spiro atoms. The van der Waals surface area contributed by atoms with E-state index in [0.717, 1.165) is 23.4 Å². The van der Waals surface area contributed by atoms with E-state index in [1.165, 1.54) is 17.4 Å². The monoisotopic (exact) mass is 323 g/mol. The number of benzene rings is 1. The van der Waals surface area contributed by atoms with Gasteiger partial charge in [0.15, 0.2) is 5.13 Å². The number of alkyl halides is 3. The third kappa shape index (κ3) is 3.04. The van der Waals surface area contributed by atoms with E-state index >= 15 is 0 Å². The Morgan fingerprint density at radius 3 is 2.77 bits per heavy atom. The van der Waals surface area contributed by atoms with Crippen LogP contribution < -0.4 is 5.32 Å². The highest BCUT2D eigenvalue weighted by atomic mass is 32.1. The van der Waals surface area contributed by atoms with Crippen LogP contribution in [-0.4, -0.2) is 9.97 Å². The zero-order valence-corrected chi connectivity index (χ0v) is 12.4. The van der Waals surface area contributed by atoms with Gasteiger partial charge in [-0.15, -0.1) is 0 Å². The summed E-state index contributed by atoms with van der Waals surface area (Å²) in [5.74, 6) is 0. The third-order valence-electron chi connectivity index (χ3n) is 3.24. The number of aromatic nitrogens is 2. The summed E-state index contributed by atoms with van der Waals surface area (Å²) in [6, 6.07) is 7.41. The Balaban J connectivity index is 1.82. The summed E-state index contributed by atoms with van der Waals surface area (Å²) in [5.41, 5.74) is 1.60. The van der Waals surface area contributed by atoms with Gasteiger partial charge in [0, 0.05) is 6.20 Å². The number of fused-ring (bicyclic) bond motifs is 1. The van der Waals surface area contributed by atoms with Gasteiger partial charge in [-0.2, -0.15) is 13.2 Å². The Morgan fingerprint density at radius 2 is 2.05 bits per heavy atom. The Hall–Kier alpha value is -2.15. The summed E-state index contributed by atoms with van der Waals surface area (Å²) in [7, 11) is 0. The summed E-state index contributed by atoms with van der Waals surface area (Å²) in [5, 5.41) is 3.70. The van der Waals surface area contributed by atoms with E-state index in [9.17, 15) is 13.2 Å². The van der Waals surface area contributed by atoms with Gasteiger partial charge < -0.3 is 5.32 Å². The van der Waals surface area contributed by atoms with Crippen molar-refractivity contribution < 1.29 is 13.2 Å². The van der Waals surface area contributed by atoms with E-state index < -0.39 is 11.7 Å². The second-order valence-electron chi connectivity index (χ2n) is 4.82. The summed E-state index contributed by atoms with van der Waals surface area (Å²) in [6.07, 6.45) is -2.64. The molecule has 0 saturated heterocycles. The smallest absolute Gasteiger partial charge is 0.356 e. The molecule has 7 heteroatoms. The molecule has 0 aliphatic heterocycles. The molecule has 0 radical (unpaired) electrons. The molecule has 0 fully saturated rings. The molecular weight excluding hydrogens is 311 g/mol. The van der Waals surface area contributed by atoms with Crippen molar-refractivity contribution in [1.82, 2.24) is 9.97 Å². The molecule has 1 N–H and O–H groups in total. The largest absolute Gasteiger partial charge is 0.416 e.